The molecule has 0 aromatic rings. The monoisotopic (exact) mass is 283 g/mol. The third-order valence-electron chi connectivity index (χ3n) is 1.74. The number of ether oxygens (including phenoxy) is 2. The van der Waals surface area contributed by atoms with Crippen molar-refractivity contribution >= 4 is 12.1 Å². The van der Waals surface area contributed by atoms with Gasteiger partial charge >= 0.3 is 18.2 Å². The lowest BCUT2D eigenvalue weighted by molar-refractivity contribution is -0.148. The minimum atomic E-state index is -4.94. The van der Waals surface area contributed by atoms with Crippen molar-refractivity contribution in [1.82, 2.24) is 5.32 Å². The average Bonchev–Trinajstić information content (AvgIpc) is 2.11. The van der Waals surface area contributed by atoms with E-state index >= 15 is 0 Å². The van der Waals surface area contributed by atoms with Crippen LogP contribution in [-0.2, 0) is 14.3 Å². The lowest BCUT2D eigenvalue weighted by atomic mass is 10.2. The molecule has 1 N–H and O–H groups in total. The zero-order valence-corrected chi connectivity index (χ0v) is 11.3. The molecule has 0 aromatic heterocycles. The quantitative estimate of drug-likeness (QED) is 0.624. The molecule has 0 aliphatic rings. The second-order valence-corrected chi connectivity index (χ2v) is 4.62. The van der Waals surface area contributed by atoms with E-state index in [0.717, 1.165) is 14.0 Å². The van der Waals surface area contributed by atoms with E-state index in [-0.39, 0.29) is 0 Å². The number of methoxy groups -OCH3 is 1. The molecule has 8 heteroatoms. The van der Waals surface area contributed by atoms with Crippen LogP contribution in [0, 0.1) is 0 Å². The van der Waals surface area contributed by atoms with Crippen molar-refractivity contribution in [3.05, 3.63) is 11.3 Å². The van der Waals surface area contributed by atoms with E-state index in [1.165, 1.54) is 0 Å². The molecular formula is C11H16F3NO4. The fraction of sp³-hybridized carbons (Fsp3) is 0.636. The molecular weight excluding hydrogens is 267 g/mol. The largest absolute Gasteiger partial charge is 0.465 e. The first-order valence-corrected chi connectivity index (χ1v) is 5.25. The van der Waals surface area contributed by atoms with Gasteiger partial charge in [-0.15, -0.1) is 0 Å². The predicted octanol–water partition coefficient (Wildman–Crippen LogP) is 2.52. The van der Waals surface area contributed by atoms with Gasteiger partial charge in [-0.05, 0) is 27.7 Å². The molecule has 0 unspecified atom stereocenters. The zero-order valence-electron chi connectivity index (χ0n) is 11.3. The second-order valence-electron chi connectivity index (χ2n) is 4.62. The molecule has 0 fully saturated rings. The number of alkyl halides is 3. The van der Waals surface area contributed by atoms with Crippen LogP contribution < -0.4 is 5.32 Å². The maximum Gasteiger partial charge on any atom is 0.425 e. The Bertz CT molecular complexity index is 394. The van der Waals surface area contributed by atoms with E-state index in [4.69, 9.17) is 4.74 Å². The van der Waals surface area contributed by atoms with Crippen molar-refractivity contribution in [1.29, 1.82) is 0 Å². The van der Waals surface area contributed by atoms with Gasteiger partial charge in [0, 0.05) is 5.70 Å². The summed E-state index contributed by atoms with van der Waals surface area (Å²) >= 11 is 0. The Morgan fingerprint density at radius 2 is 1.58 bits per heavy atom. The van der Waals surface area contributed by atoms with Crippen LogP contribution in [0.15, 0.2) is 11.3 Å². The number of nitrogens with one attached hydrogen (secondary N) is 1. The standard InChI is InChI=1S/C11H16F3NO4/c1-6(15-9(17)19-10(2,3)4)7(8(16)18-5)11(12,13)14/h1-5H3,(H,15,17)/b7-6+. The highest BCUT2D eigenvalue weighted by Crippen LogP contribution is 2.28. The molecule has 1 amide bonds. The average molecular weight is 283 g/mol. The van der Waals surface area contributed by atoms with E-state index < -0.39 is 35.1 Å². The van der Waals surface area contributed by atoms with E-state index in [0.29, 0.717) is 0 Å². The van der Waals surface area contributed by atoms with Crippen molar-refractivity contribution in [3.8, 4) is 0 Å². The first kappa shape index (κ1) is 17.3. The van der Waals surface area contributed by atoms with E-state index in [9.17, 15) is 22.8 Å². The number of halogens is 3. The third kappa shape index (κ3) is 6.12. The van der Waals surface area contributed by atoms with Gasteiger partial charge in [0.15, 0.2) is 5.57 Å². The number of alkyl carbamates (subject to hydrolysis) is 1. The van der Waals surface area contributed by atoms with Crippen LogP contribution in [-0.4, -0.2) is 30.9 Å². The zero-order chi connectivity index (χ0) is 15.4. The summed E-state index contributed by atoms with van der Waals surface area (Å²) in [6, 6.07) is 0. The molecule has 0 aliphatic heterocycles. The molecule has 19 heavy (non-hydrogen) atoms. The topological polar surface area (TPSA) is 64.6 Å². The highest BCUT2D eigenvalue weighted by molar-refractivity contribution is 5.91. The number of amides is 1. The van der Waals surface area contributed by atoms with Gasteiger partial charge in [0.25, 0.3) is 0 Å². The maximum absolute atomic E-state index is 12.6. The molecule has 5 nitrogen and oxygen atoms in total. The van der Waals surface area contributed by atoms with Crippen molar-refractivity contribution in [3.63, 3.8) is 0 Å². The summed E-state index contributed by atoms with van der Waals surface area (Å²) in [6.07, 6.45) is -6.03. The van der Waals surface area contributed by atoms with E-state index in [2.05, 4.69) is 4.74 Å². The Morgan fingerprint density at radius 1 is 1.11 bits per heavy atom. The molecule has 0 saturated carbocycles. The van der Waals surface area contributed by atoms with Crippen LogP contribution in [0.1, 0.15) is 27.7 Å². The molecule has 0 radical (unpaired) electrons. The van der Waals surface area contributed by atoms with Gasteiger partial charge in [-0.25, -0.2) is 9.59 Å². The maximum atomic E-state index is 12.6. The summed E-state index contributed by atoms with van der Waals surface area (Å²) < 4.78 is 46.8. The highest BCUT2D eigenvalue weighted by atomic mass is 19.4. The van der Waals surface area contributed by atoms with Crippen molar-refractivity contribution in [2.75, 3.05) is 7.11 Å². The van der Waals surface area contributed by atoms with E-state index in [1.54, 1.807) is 20.8 Å². The molecule has 110 valence electrons. The van der Waals surface area contributed by atoms with Gasteiger partial charge in [0.2, 0.25) is 0 Å². The van der Waals surface area contributed by atoms with Gasteiger partial charge in [-0.3, -0.25) is 5.32 Å². The molecule has 0 spiro atoms. The summed E-state index contributed by atoms with van der Waals surface area (Å²) in [7, 11) is 0.814. The Morgan fingerprint density at radius 3 is 1.89 bits per heavy atom. The Balaban J connectivity index is 5.18. The molecule has 0 aromatic carbocycles. The highest BCUT2D eigenvalue weighted by Gasteiger charge is 2.42. The molecule has 0 atom stereocenters. The number of esters is 1. The molecule has 0 bridgehead atoms. The van der Waals surface area contributed by atoms with Crippen molar-refractivity contribution in [2.24, 2.45) is 0 Å². The number of hydrogen-bond donors (Lipinski definition) is 1. The molecule has 0 heterocycles. The lowest BCUT2D eigenvalue weighted by Gasteiger charge is -2.20. The van der Waals surface area contributed by atoms with Crippen LogP contribution in [0.25, 0.3) is 0 Å². The Hall–Kier alpha value is -1.73. The third-order valence-corrected chi connectivity index (χ3v) is 1.74. The second kappa shape index (κ2) is 5.94. The Labute approximate surface area is 108 Å². The number of carbonyl (C=O) groups is 2. The van der Waals surface area contributed by atoms with Crippen LogP contribution in [0.5, 0.6) is 0 Å². The molecule has 0 aliphatic carbocycles. The van der Waals surface area contributed by atoms with Gasteiger partial charge in [0.05, 0.1) is 7.11 Å². The summed E-state index contributed by atoms with van der Waals surface area (Å²) in [5, 5.41) is 1.86. The smallest absolute Gasteiger partial charge is 0.425 e. The summed E-state index contributed by atoms with van der Waals surface area (Å²) in [5.41, 5.74) is -3.14. The fourth-order valence-electron chi connectivity index (χ4n) is 1.10. The number of carbonyl (C=O) groups excluding carboxylic acids is 2. The SMILES string of the molecule is COC(=O)/C(=C(/C)NC(=O)OC(C)(C)C)C(F)(F)F. The molecule has 0 saturated heterocycles. The van der Waals surface area contributed by atoms with Gasteiger partial charge < -0.3 is 9.47 Å². The van der Waals surface area contributed by atoms with Crippen LogP contribution in [0.3, 0.4) is 0 Å². The predicted molar refractivity (Wildman–Crippen MR) is 60.1 cm³/mol. The van der Waals surface area contributed by atoms with Gasteiger partial charge in [0.1, 0.15) is 5.60 Å². The summed E-state index contributed by atoms with van der Waals surface area (Å²) in [5.74, 6) is -1.58. The van der Waals surface area contributed by atoms with Crippen LogP contribution >= 0.6 is 0 Å². The summed E-state index contributed by atoms with van der Waals surface area (Å²) in [4.78, 5) is 22.4. The number of allylic oxidation sites excluding steroid dienone is 1. The minimum Gasteiger partial charge on any atom is -0.465 e. The number of rotatable bonds is 2. The lowest BCUT2D eigenvalue weighted by Crippen LogP contribution is -2.34. The fourth-order valence-corrected chi connectivity index (χ4v) is 1.10. The van der Waals surface area contributed by atoms with Crippen LogP contribution in [0.2, 0.25) is 0 Å². The molecule has 0 rings (SSSR count). The van der Waals surface area contributed by atoms with Gasteiger partial charge in [-0.1, -0.05) is 0 Å². The Kier molecular flexibility index (Phi) is 5.40. The normalized spacial score (nSPS) is 13.5. The minimum absolute atomic E-state index is 0.686. The van der Waals surface area contributed by atoms with E-state index in [1.807, 2.05) is 5.32 Å². The van der Waals surface area contributed by atoms with Crippen molar-refractivity contribution < 1.29 is 32.2 Å². The first-order chi connectivity index (χ1) is 8.38. The van der Waals surface area contributed by atoms with Crippen molar-refractivity contribution in [2.45, 2.75) is 39.5 Å². The van der Waals surface area contributed by atoms with Gasteiger partial charge in [-0.2, -0.15) is 13.2 Å². The summed E-state index contributed by atoms with van der Waals surface area (Å²) in [6.45, 7) is 5.59. The first-order valence-electron chi connectivity index (χ1n) is 5.25. The number of hydrogen-bond acceptors (Lipinski definition) is 4. The van der Waals surface area contributed by atoms with Crippen LogP contribution in [0.4, 0.5) is 18.0 Å².